The normalized spacial score (nSPS) is 14.3. The van der Waals surface area contributed by atoms with Crippen molar-refractivity contribution in [1.29, 1.82) is 0 Å². The Hall–Kier alpha value is -1.84. The number of benzene rings is 1. The van der Waals surface area contributed by atoms with Crippen LogP contribution in [-0.2, 0) is 19.5 Å². The van der Waals surface area contributed by atoms with Crippen molar-refractivity contribution in [2.75, 3.05) is 12.4 Å². The highest BCUT2D eigenvalue weighted by atomic mass is 127. The Labute approximate surface area is 158 Å². The molecule has 0 aliphatic carbocycles. The summed E-state index contributed by atoms with van der Waals surface area (Å²) in [7, 11) is 1.64. The van der Waals surface area contributed by atoms with E-state index in [0.29, 0.717) is 12.5 Å². The van der Waals surface area contributed by atoms with E-state index < -0.39 is 0 Å². The number of aliphatic imine (C=N–C) groups is 1. The molecule has 0 radical (unpaired) electrons. The van der Waals surface area contributed by atoms with Gasteiger partial charge >= 0.3 is 0 Å². The summed E-state index contributed by atoms with van der Waals surface area (Å²) in [6.07, 6.45) is 4.59. The molecule has 1 aromatic heterocycles. The van der Waals surface area contributed by atoms with Gasteiger partial charge in [0.15, 0.2) is 11.8 Å². The van der Waals surface area contributed by atoms with E-state index in [0.717, 1.165) is 36.1 Å². The fourth-order valence-electron chi connectivity index (χ4n) is 2.68. The van der Waals surface area contributed by atoms with E-state index in [4.69, 9.17) is 10.5 Å². The van der Waals surface area contributed by atoms with Crippen molar-refractivity contribution in [3.63, 3.8) is 0 Å². The third kappa shape index (κ3) is 4.59. The zero-order valence-electron chi connectivity index (χ0n) is 13.7. The fourth-order valence-corrected chi connectivity index (χ4v) is 2.68. The molecule has 2 heterocycles. The Balaban J connectivity index is 0.00000208. The maximum Gasteiger partial charge on any atom is 0.193 e. The first-order valence-corrected chi connectivity index (χ1v) is 7.88. The molecule has 3 rings (SSSR count). The van der Waals surface area contributed by atoms with Gasteiger partial charge in [-0.1, -0.05) is 6.42 Å². The molecule has 1 aliphatic heterocycles. The van der Waals surface area contributed by atoms with Crippen LogP contribution in [0, 0.1) is 0 Å². The van der Waals surface area contributed by atoms with Crippen molar-refractivity contribution >= 4 is 35.6 Å². The fraction of sp³-hybridized carbons (Fsp3) is 0.438. The molecule has 0 saturated carbocycles. The number of anilines is 1. The van der Waals surface area contributed by atoms with Crippen molar-refractivity contribution < 1.29 is 4.74 Å². The van der Waals surface area contributed by atoms with Crippen LogP contribution < -0.4 is 15.8 Å². The Bertz CT molecular complexity index is 682. The molecule has 0 fully saturated rings. The minimum atomic E-state index is 0. The lowest BCUT2D eigenvalue weighted by molar-refractivity contribution is 0.415. The first kappa shape index (κ1) is 18.5. The predicted octanol–water partition coefficient (Wildman–Crippen LogP) is 2.56. The second-order valence-corrected chi connectivity index (χ2v) is 5.55. The molecule has 0 saturated heterocycles. The van der Waals surface area contributed by atoms with Crippen LogP contribution in [0.4, 0.5) is 5.69 Å². The van der Waals surface area contributed by atoms with Gasteiger partial charge in [0.05, 0.1) is 7.11 Å². The third-order valence-corrected chi connectivity index (χ3v) is 3.94. The van der Waals surface area contributed by atoms with E-state index in [1.165, 1.54) is 19.3 Å². The van der Waals surface area contributed by atoms with Gasteiger partial charge in [0.1, 0.15) is 18.1 Å². The van der Waals surface area contributed by atoms with Crippen molar-refractivity contribution in [2.45, 2.75) is 38.8 Å². The Morgan fingerprint density at radius 1 is 1.25 bits per heavy atom. The Morgan fingerprint density at radius 2 is 2.04 bits per heavy atom. The van der Waals surface area contributed by atoms with E-state index in [-0.39, 0.29) is 24.0 Å². The number of aryl methyl sites for hydroxylation is 1. The van der Waals surface area contributed by atoms with Gasteiger partial charge in [-0.05, 0) is 37.1 Å². The Morgan fingerprint density at radius 3 is 2.79 bits per heavy atom. The molecule has 0 unspecified atom stereocenters. The predicted molar refractivity (Wildman–Crippen MR) is 105 cm³/mol. The minimum absolute atomic E-state index is 0. The number of guanidine groups is 1. The molecule has 8 heteroatoms. The van der Waals surface area contributed by atoms with Crippen molar-refractivity contribution in [3.8, 4) is 5.75 Å². The van der Waals surface area contributed by atoms with E-state index in [1.54, 1.807) is 7.11 Å². The minimum Gasteiger partial charge on any atom is -0.497 e. The molecule has 0 amide bonds. The molecule has 1 aliphatic rings. The summed E-state index contributed by atoms with van der Waals surface area (Å²) in [6.45, 7) is 1.40. The third-order valence-electron chi connectivity index (χ3n) is 3.94. The lowest BCUT2D eigenvalue weighted by Gasteiger charge is -2.07. The van der Waals surface area contributed by atoms with Crippen LogP contribution in [0.25, 0.3) is 0 Å². The van der Waals surface area contributed by atoms with Crippen LogP contribution in [0.5, 0.6) is 5.75 Å². The zero-order valence-corrected chi connectivity index (χ0v) is 16.1. The molecule has 0 spiro atoms. The quantitative estimate of drug-likeness (QED) is 0.432. The lowest BCUT2D eigenvalue weighted by Crippen LogP contribution is -2.22. The maximum atomic E-state index is 5.95. The van der Waals surface area contributed by atoms with Crippen molar-refractivity contribution in [2.24, 2.45) is 10.7 Å². The first-order valence-electron chi connectivity index (χ1n) is 7.88. The van der Waals surface area contributed by atoms with Crippen molar-refractivity contribution in [1.82, 2.24) is 14.8 Å². The number of methoxy groups -OCH3 is 1. The smallest absolute Gasteiger partial charge is 0.193 e. The Kier molecular flexibility index (Phi) is 6.83. The van der Waals surface area contributed by atoms with Crippen LogP contribution in [0.2, 0.25) is 0 Å². The average Bonchev–Trinajstić information content (AvgIpc) is 2.80. The maximum absolute atomic E-state index is 5.95. The van der Waals surface area contributed by atoms with Gasteiger partial charge in [-0.2, -0.15) is 0 Å². The molecule has 24 heavy (non-hydrogen) atoms. The molecular formula is C16H23IN6O. The van der Waals surface area contributed by atoms with Gasteiger partial charge in [0.2, 0.25) is 0 Å². The summed E-state index contributed by atoms with van der Waals surface area (Å²) >= 11 is 0. The molecule has 7 nitrogen and oxygen atoms in total. The van der Waals surface area contributed by atoms with Gasteiger partial charge in [0.25, 0.3) is 0 Å². The number of hydrogen-bond acceptors (Lipinski definition) is 4. The molecule has 130 valence electrons. The van der Waals surface area contributed by atoms with Gasteiger partial charge < -0.3 is 20.4 Å². The second kappa shape index (κ2) is 8.86. The summed E-state index contributed by atoms with van der Waals surface area (Å²) in [5.74, 6) is 3.11. The summed E-state index contributed by atoms with van der Waals surface area (Å²) in [4.78, 5) is 4.37. The number of ether oxygens (including phenoxy) is 1. The number of nitrogens with two attached hydrogens (primary N) is 1. The highest BCUT2D eigenvalue weighted by Crippen LogP contribution is 2.16. The van der Waals surface area contributed by atoms with E-state index in [2.05, 4.69) is 25.1 Å². The molecule has 1 aromatic carbocycles. The number of rotatable bonds is 4. The number of fused-ring (bicyclic) bond motifs is 1. The van der Waals surface area contributed by atoms with Crippen molar-refractivity contribution in [3.05, 3.63) is 35.9 Å². The second-order valence-electron chi connectivity index (χ2n) is 5.55. The standard InChI is InChI=1S/C16H22N6O.HI/c1-23-13-8-6-12(7-9-13)19-16(17)18-11-15-21-20-14-5-3-2-4-10-22(14)15;/h6-9H,2-5,10-11H2,1H3,(H3,17,18,19);1H. The van der Waals surface area contributed by atoms with Gasteiger partial charge in [0, 0.05) is 18.7 Å². The molecular weight excluding hydrogens is 419 g/mol. The van der Waals surface area contributed by atoms with Crippen LogP contribution >= 0.6 is 24.0 Å². The summed E-state index contributed by atoms with van der Waals surface area (Å²) in [5.41, 5.74) is 6.82. The van der Waals surface area contributed by atoms with Crippen LogP contribution in [0.3, 0.4) is 0 Å². The topological polar surface area (TPSA) is 90.3 Å². The van der Waals surface area contributed by atoms with Crippen LogP contribution in [-0.4, -0.2) is 27.8 Å². The highest BCUT2D eigenvalue weighted by molar-refractivity contribution is 14.0. The molecule has 0 bridgehead atoms. The number of nitrogens with zero attached hydrogens (tertiary/aromatic N) is 4. The number of aromatic nitrogens is 3. The van der Waals surface area contributed by atoms with E-state index >= 15 is 0 Å². The number of hydrogen-bond donors (Lipinski definition) is 2. The average molecular weight is 442 g/mol. The van der Waals surface area contributed by atoms with Gasteiger partial charge in [-0.25, -0.2) is 4.99 Å². The number of halogens is 1. The zero-order chi connectivity index (χ0) is 16.1. The summed E-state index contributed by atoms with van der Waals surface area (Å²) in [5, 5.41) is 11.6. The largest absolute Gasteiger partial charge is 0.497 e. The molecule has 2 aromatic rings. The van der Waals surface area contributed by atoms with E-state index in [1.807, 2.05) is 24.3 Å². The van der Waals surface area contributed by atoms with Gasteiger partial charge in [-0.3, -0.25) is 0 Å². The summed E-state index contributed by atoms with van der Waals surface area (Å²) in [6, 6.07) is 7.52. The highest BCUT2D eigenvalue weighted by Gasteiger charge is 2.14. The molecule has 3 N–H and O–H groups in total. The van der Waals surface area contributed by atoms with Gasteiger partial charge in [-0.15, -0.1) is 34.2 Å². The number of nitrogens with one attached hydrogen (secondary N) is 1. The van der Waals surface area contributed by atoms with Crippen LogP contribution in [0.15, 0.2) is 29.3 Å². The lowest BCUT2D eigenvalue weighted by atomic mass is 10.2. The SMILES string of the molecule is COc1ccc(NC(N)=NCc2nnc3n2CCCCC3)cc1.I. The van der Waals surface area contributed by atoms with E-state index in [9.17, 15) is 0 Å². The molecule has 0 atom stereocenters. The first-order chi connectivity index (χ1) is 11.3. The summed E-state index contributed by atoms with van der Waals surface area (Å²) < 4.78 is 7.30. The van der Waals surface area contributed by atoms with Crippen LogP contribution in [0.1, 0.15) is 30.9 Å². The monoisotopic (exact) mass is 442 g/mol.